The van der Waals surface area contributed by atoms with E-state index in [-0.39, 0.29) is 17.2 Å². The third-order valence-electron chi connectivity index (χ3n) is 4.89. The molecule has 1 fully saturated rings. The molecule has 2 N–H and O–H groups in total. The van der Waals surface area contributed by atoms with Crippen LogP contribution in [0.5, 0.6) is 0 Å². The van der Waals surface area contributed by atoms with Crippen LogP contribution in [0.1, 0.15) is 24.8 Å². The maximum absolute atomic E-state index is 13.0. The number of sulfonamides is 1. The first kappa shape index (κ1) is 21.3. The Labute approximate surface area is 171 Å². The van der Waals surface area contributed by atoms with Crippen molar-refractivity contribution in [2.75, 3.05) is 30.9 Å². The van der Waals surface area contributed by atoms with Gasteiger partial charge in [0.25, 0.3) is 10.0 Å². The van der Waals surface area contributed by atoms with E-state index >= 15 is 0 Å². The molecule has 0 aliphatic carbocycles. The highest BCUT2D eigenvalue weighted by Gasteiger charge is 2.14. The zero-order chi connectivity index (χ0) is 20.7. The van der Waals surface area contributed by atoms with Crippen molar-refractivity contribution in [2.45, 2.75) is 30.6 Å². The average Bonchev–Trinajstić information content (AvgIpc) is 2.70. The van der Waals surface area contributed by atoms with E-state index in [0.717, 1.165) is 37.3 Å². The molecule has 1 saturated heterocycles. The number of hydrogen-bond donors (Lipinski definition) is 2. The standard InChI is InChI=1S/C21H26FN3O3S/c22-18-6-10-20(11-7-18)29(27,28)24-19-8-4-17(5-9-19)16-21(26)23-12-15-25-13-2-1-3-14-25/h4-11,24H,1-3,12-16H2,(H,23,26). The van der Waals surface area contributed by atoms with Crippen LogP contribution in [0.25, 0.3) is 0 Å². The third kappa shape index (κ3) is 6.54. The number of carbonyl (C=O) groups excluding carboxylic acids is 1. The summed E-state index contributed by atoms with van der Waals surface area (Å²) >= 11 is 0. The molecule has 0 aromatic heterocycles. The minimum atomic E-state index is -3.79. The summed E-state index contributed by atoms with van der Waals surface area (Å²) in [5.74, 6) is -0.552. The fourth-order valence-electron chi connectivity index (χ4n) is 3.30. The van der Waals surface area contributed by atoms with E-state index in [9.17, 15) is 17.6 Å². The first-order chi connectivity index (χ1) is 13.9. The monoisotopic (exact) mass is 419 g/mol. The van der Waals surface area contributed by atoms with Gasteiger partial charge in [-0.15, -0.1) is 0 Å². The van der Waals surface area contributed by atoms with E-state index in [1.807, 2.05) is 0 Å². The van der Waals surface area contributed by atoms with Crippen LogP contribution in [0.15, 0.2) is 53.4 Å². The van der Waals surface area contributed by atoms with Crippen molar-refractivity contribution >= 4 is 21.6 Å². The second kappa shape index (κ2) is 9.84. The zero-order valence-electron chi connectivity index (χ0n) is 16.2. The van der Waals surface area contributed by atoms with E-state index < -0.39 is 15.8 Å². The summed E-state index contributed by atoms with van der Waals surface area (Å²) in [6, 6.07) is 11.3. The van der Waals surface area contributed by atoms with Gasteiger partial charge in [0.1, 0.15) is 5.82 Å². The van der Waals surface area contributed by atoms with Crippen LogP contribution in [0.3, 0.4) is 0 Å². The number of halogens is 1. The maximum atomic E-state index is 13.0. The van der Waals surface area contributed by atoms with Crippen molar-refractivity contribution in [3.63, 3.8) is 0 Å². The van der Waals surface area contributed by atoms with Crippen molar-refractivity contribution in [1.29, 1.82) is 0 Å². The Kier molecular flexibility index (Phi) is 7.22. The Morgan fingerprint density at radius 1 is 0.966 bits per heavy atom. The lowest BCUT2D eigenvalue weighted by Crippen LogP contribution is -2.38. The van der Waals surface area contributed by atoms with E-state index in [0.29, 0.717) is 12.2 Å². The van der Waals surface area contributed by atoms with Gasteiger partial charge in [-0.25, -0.2) is 12.8 Å². The summed E-state index contributed by atoms with van der Waals surface area (Å²) in [7, 11) is -3.79. The molecule has 2 aromatic rings. The second-order valence-electron chi connectivity index (χ2n) is 7.19. The second-order valence-corrected chi connectivity index (χ2v) is 8.87. The number of carbonyl (C=O) groups is 1. The number of nitrogens with zero attached hydrogens (tertiary/aromatic N) is 1. The fraction of sp³-hybridized carbons (Fsp3) is 0.381. The van der Waals surface area contributed by atoms with Crippen LogP contribution < -0.4 is 10.0 Å². The summed E-state index contributed by atoms with van der Waals surface area (Å²) in [5.41, 5.74) is 1.17. The lowest BCUT2D eigenvalue weighted by molar-refractivity contribution is -0.120. The van der Waals surface area contributed by atoms with Gasteiger partial charge in [0, 0.05) is 18.8 Å². The molecule has 0 bridgehead atoms. The first-order valence-electron chi connectivity index (χ1n) is 9.79. The minimum Gasteiger partial charge on any atom is -0.355 e. The van der Waals surface area contributed by atoms with E-state index in [1.54, 1.807) is 24.3 Å². The van der Waals surface area contributed by atoms with Gasteiger partial charge in [0.05, 0.1) is 11.3 Å². The Balaban J connectivity index is 1.47. The van der Waals surface area contributed by atoms with Crippen LogP contribution in [0.2, 0.25) is 0 Å². The number of benzene rings is 2. The lowest BCUT2D eigenvalue weighted by Gasteiger charge is -2.26. The van der Waals surface area contributed by atoms with Crippen molar-refractivity contribution in [3.05, 3.63) is 59.9 Å². The van der Waals surface area contributed by atoms with Gasteiger partial charge in [-0.1, -0.05) is 18.6 Å². The number of hydrogen-bond acceptors (Lipinski definition) is 4. The smallest absolute Gasteiger partial charge is 0.261 e. The van der Waals surface area contributed by atoms with Crippen molar-refractivity contribution in [3.8, 4) is 0 Å². The van der Waals surface area contributed by atoms with E-state index in [1.165, 1.54) is 31.4 Å². The third-order valence-corrected chi connectivity index (χ3v) is 6.29. The van der Waals surface area contributed by atoms with Gasteiger partial charge in [-0.2, -0.15) is 0 Å². The summed E-state index contributed by atoms with van der Waals surface area (Å²) in [5, 5.41) is 2.93. The van der Waals surface area contributed by atoms with Crippen LogP contribution in [0.4, 0.5) is 10.1 Å². The molecule has 0 radical (unpaired) electrons. The Morgan fingerprint density at radius 3 is 2.28 bits per heavy atom. The number of rotatable bonds is 8. The maximum Gasteiger partial charge on any atom is 0.261 e. The van der Waals surface area contributed by atoms with Gasteiger partial charge in [0.15, 0.2) is 0 Å². The largest absolute Gasteiger partial charge is 0.355 e. The number of likely N-dealkylation sites (tertiary alicyclic amines) is 1. The molecular weight excluding hydrogens is 393 g/mol. The summed E-state index contributed by atoms with van der Waals surface area (Å²) < 4.78 is 40.1. The molecule has 1 aliphatic heterocycles. The Morgan fingerprint density at radius 2 is 1.62 bits per heavy atom. The molecule has 2 aromatic carbocycles. The van der Waals surface area contributed by atoms with Crippen LogP contribution in [-0.4, -0.2) is 45.4 Å². The van der Waals surface area contributed by atoms with Crippen LogP contribution >= 0.6 is 0 Å². The van der Waals surface area contributed by atoms with E-state index in [4.69, 9.17) is 0 Å². The molecule has 1 amide bonds. The van der Waals surface area contributed by atoms with Gasteiger partial charge >= 0.3 is 0 Å². The Bertz CT molecular complexity index is 909. The minimum absolute atomic E-state index is 0.0175. The van der Waals surface area contributed by atoms with Gasteiger partial charge in [-0.05, 0) is 67.9 Å². The molecule has 6 nitrogen and oxygen atoms in total. The molecule has 0 unspecified atom stereocenters. The van der Waals surface area contributed by atoms with Crippen LogP contribution in [0, 0.1) is 5.82 Å². The summed E-state index contributed by atoms with van der Waals surface area (Å²) in [6.07, 6.45) is 3.99. The average molecular weight is 420 g/mol. The topological polar surface area (TPSA) is 78.5 Å². The van der Waals surface area contributed by atoms with Gasteiger partial charge in [-0.3, -0.25) is 9.52 Å². The van der Waals surface area contributed by atoms with Gasteiger partial charge < -0.3 is 10.2 Å². The predicted octanol–water partition coefficient (Wildman–Crippen LogP) is 2.77. The molecular formula is C21H26FN3O3S. The fourth-order valence-corrected chi connectivity index (χ4v) is 4.36. The van der Waals surface area contributed by atoms with E-state index in [2.05, 4.69) is 14.9 Å². The van der Waals surface area contributed by atoms with Crippen LogP contribution in [-0.2, 0) is 21.2 Å². The molecule has 156 valence electrons. The molecule has 8 heteroatoms. The highest BCUT2D eigenvalue weighted by atomic mass is 32.2. The summed E-state index contributed by atoms with van der Waals surface area (Å²) in [4.78, 5) is 14.5. The number of piperidine rings is 1. The molecule has 0 atom stereocenters. The zero-order valence-corrected chi connectivity index (χ0v) is 17.1. The first-order valence-corrected chi connectivity index (χ1v) is 11.3. The van der Waals surface area contributed by atoms with Crippen molar-refractivity contribution in [1.82, 2.24) is 10.2 Å². The Hall–Kier alpha value is -2.45. The SMILES string of the molecule is O=C(Cc1ccc(NS(=O)(=O)c2ccc(F)cc2)cc1)NCCN1CCCCC1. The van der Waals surface area contributed by atoms with Crippen molar-refractivity contribution < 1.29 is 17.6 Å². The number of amides is 1. The molecule has 0 saturated carbocycles. The molecule has 29 heavy (non-hydrogen) atoms. The normalized spacial score (nSPS) is 15.1. The van der Waals surface area contributed by atoms with Gasteiger partial charge in [0.2, 0.25) is 5.91 Å². The highest BCUT2D eigenvalue weighted by Crippen LogP contribution is 2.17. The number of nitrogens with one attached hydrogen (secondary N) is 2. The number of anilines is 1. The molecule has 1 heterocycles. The highest BCUT2D eigenvalue weighted by molar-refractivity contribution is 7.92. The quantitative estimate of drug-likeness (QED) is 0.690. The summed E-state index contributed by atoms with van der Waals surface area (Å²) in [6.45, 7) is 3.71. The van der Waals surface area contributed by atoms with Crippen molar-refractivity contribution in [2.24, 2.45) is 0 Å². The lowest BCUT2D eigenvalue weighted by atomic mass is 10.1. The molecule has 1 aliphatic rings. The predicted molar refractivity (Wildman–Crippen MR) is 111 cm³/mol. The molecule has 0 spiro atoms. The molecule has 3 rings (SSSR count).